The summed E-state index contributed by atoms with van der Waals surface area (Å²) in [7, 11) is 1.74. The number of hydrogen-bond acceptors (Lipinski definition) is 4. The van der Waals surface area contributed by atoms with E-state index in [-0.39, 0.29) is 24.2 Å². The van der Waals surface area contributed by atoms with E-state index < -0.39 is 0 Å². The topological polar surface area (TPSA) is 48.0 Å². The molecule has 0 aliphatic carbocycles. The Morgan fingerprint density at radius 1 is 1.53 bits per heavy atom. The molecule has 2 fully saturated rings. The second kappa shape index (κ2) is 5.33. The number of carbonyl (C=O) groups is 1. The Hall–Kier alpha value is -0.650. The average Bonchev–Trinajstić information content (AvgIpc) is 2.33. The molecular formula is C12H21NO4. The van der Waals surface area contributed by atoms with Crippen LogP contribution in [0.15, 0.2) is 0 Å². The fourth-order valence-electron chi connectivity index (χ4n) is 2.51. The number of hydrogen-bond donors (Lipinski definition) is 0. The summed E-state index contributed by atoms with van der Waals surface area (Å²) in [6.07, 6.45) is 2.11. The Kier molecular flexibility index (Phi) is 4.01. The van der Waals surface area contributed by atoms with Gasteiger partial charge in [-0.2, -0.15) is 0 Å². The van der Waals surface area contributed by atoms with Crippen LogP contribution in [0.3, 0.4) is 0 Å². The fraction of sp³-hybridized carbons (Fsp3) is 0.917. The van der Waals surface area contributed by atoms with Gasteiger partial charge in [0.2, 0.25) is 5.91 Å². The molecular weight excluding hydrogens is 222 g/mol. The van der Waals surface area contributed by atoms with E-state index >= 15 is 0 Å². The molecule has 2 aliphatic heterocycles. The van der Waals surface area contributed by atoms with Crippen LogP contribution in [-0.4, -0.2) is 62.5 Å². The number of rotatable bonds is 4. The van der Waals surface area contributed by atoms with Gasteiger partial charge in [-0.05, 0) is 13.3 Å². The lowest BCUT2D eigenvalue weighted by atomic mass is 9.84. The molecule has 2 aliphatic rings. The van der Waals surface area contributed by atoms with Crippen molar-refractivity contribution in [3.05, 3.63) is 0 Å². The number of carbonyl (C=O) groups excluding carboxylic acids is 1. The van der Waals surface area contributed by atoms with Crippen molar-refractivity contribution in [1.82, 2.24) is 4.90 Å². The van der Waals surface area contributed by atoms with E-state index in [0.29, 0.717) is 19.7 Å². The number of amides is 1. The van der Waals surface area contributed by atoms with Gasteiger partial charge in [-0.1, -0.05) is 0 Å². The van der Waals surface area contributed by atoms with Crippen LogP contribution in [0, 0.1) is 0 Å². The molecule has 0 radical (unpaired) electrons. The highest BCUT2D eigenvalue weighted by atomic mass is 16.5. The summed E-state index contributed by atoms with van der Waals surface area (Å²) in [5, 5.41) is 0. The average molecular weight is 243 g/mol. The molecule has 2 rings (SSSR count). The summed E-state index contributed by atoms with van der Waals surface area (Å²) in [6.45, 7) is 4.73. The van der Waals surface area contributed by atoms with Crippen LogP contribution >= 0.6 is 0 Å². The maximum absolute atomic E-state index is 11.7. The molecule has 1 spiro atoms. The zero-order valence-corrected chi connectivity index (χ0v) is 10.6. The van der Waals surface area contributed by atoms with Crippen LogP contribution < -0.4 is 0 Å². The predicted molar refractivity (Wildman–Crippen MR) is 61.8 cm³/mol. The monoisotopic (exact) mass is 243 g/mol. The molecule has 2 heterocycles. The number of ether oxygens (including phenoxy) is 3. The summed E-state index contributed by atoms with van der Waals surface area (Å²) < 4.78 is 16.3. The largest absolute Gasteiger partial charge is 0.381 e. The Balaban J connectivity index is 1.78. The van der Waals surface area contributed by atoms with Crippen LogP contribution in [-0.2, 0) is 19.0 Å². The fourth-order valence-corrected chi connectivity index (χ4v) is 2.51. The summed E-state index contributed by atoms with van der Waals surface area (Å²) >= 11 is 0. The summed E-state index contributed by atoms with van der Waals surface area (Å²) in [5.74, 6) is 0.0561. The van der Waals surface area contributed by atoms with Crippen LogP contribution in [0.1, 0.15) is 19.8 Å². The lowest BCUT2D eigenvalue weighted by Gasteiger charge is -2.52. The maximum Gasteiger partial charge on any atom is 0.248 e. The van der Waals surface area contributed by atoms with Crippen molar-refractivity contribution >= 4 is 5.91 Å². The van der Waals surface area contributed by atoms with Gasteiger partial charge in [0.1, 0.15) is 12.2 Å². The van der Waals surface area contributed by atoms with Gasteiger partial charge >= 0.3 is 0 Å². The van der Waals surface area contributed by atoms with Gasteiger partial charge in [-0.15, -0.1) is 0 Å². The highest BCUT2D eigenvalue weighted by molar-refractivity contribution is 5.78. The molecule has 5 nitrogen and oxygen atoms in total. The minimum absolute atomic E-state index is 0.0561. The van der Waals surface area contributed by atoms with Gasteiger partial charge in [-0.3, -0.25) is 4.79 Å². The normalized spacial score (nSPS) is 26.9. The van der Waals surface area contributed by atoms with E-state index in [4.69, 9.17) is 14.2 Å². The van der Waals surface area contributed by atoms with E-state index in [1.807, 2.05) is 6.92 Å². The molecule has 5 heteroatoms. The Labute approximate surface area is 102 Å². The van der Waals surface area contributed by atoms with Crippen molar-refractivity contribution in [3.63, 3.8) is 0 Å². The zero-order chi connectivity index (χ0) is 12.3. The third-order valence-electron chi connectivity index (χ3n) is 3.52. The smallest absolute Gasteiger partial charge is 0.248 e. The molecule has 98 valence electrons. The van der Waals surface area contributed by atoms with E-state index in [1.54, 1.807) is 12.0 Å². The summed E-state index contributed by atoms with van der Waals surface area (Å²) in [4.78, 5) is 13.5. The second-order valence-corrected chi connectivity index (χ2v) is 4.77. The third kappa shape index (κ3) is 2.78. The third-order valence-corrected chi connectivity index (χ3v) is 3.52. The summed E-state index contributed by atoms with van der Waals surface area (Å²) in [5.41, 5.74) is -0.152. The van der Waals surface area contributed by atoms with Gasteiger partial charge in [0.15, 0.2) is 0 Å². The van der Waals surface area contributed by atoms with Crippen LogP contribution in [0.4, 0.5) is 0 Å². The zero-order valence-electron chi connectivity index (χ0n) is 10.6. The molecule has 0 aromatic rings. The second-order valence-electron chi connectivity index (χ2n) is 4.77. The highest BCUT2D eigenvalue weighted by Gasteiger charge is 2.49. The van der Waals surface area contributed by atoms with Crippen molar-refractivity contribution in [1.29, 1.82) is 0 Å². The lowest BCUT2D eigenvalue weighted by molar-refractivity contribution is -0.200. The standard InChI is InChI=1S/C12H21NO4/c1-3-16-7-11(14)13-8-12(9-13)6-10(15-2)4-5-17-12/h10H,3-9H2,1-2H3/t10-/m1/s1. The number of likely N-dealkylation sites (tertiary alicyclic amines) is 1. The Morgan fingerprint density at radius 3 is 2.94 bits per heavy atom. The first kappa shape index (κ1) is 12.8. The van der Waals surface area contributed by atoms with E-state index in [2.05, 4.69) is 0 Å². The first-order valence-electron chi connectivity index (χ1n) is 6.21. The molecule has 0 bridgehead atoms. The van der Waals surface area contributed by atoms with Crippen LogP contribution in [0.2, 0.25) is 0 Å². The van der Waals surface area contributed by atoms with Gasteiger partial charge in [-0.25, -0.2) is 0 Å². The molecule has 17 heavy (non-hydrogen) atoms. The first-order chi connectivity index (χ1) is 8.19. The number of nitrogens with zero attached hydrogens (tertiary/aromatic N) is 1. The SMILES string of the molecule is CCOCC(=O)N1CC2(C[C@H](OC)CCO2)C1. The molecule has 0 N–H and O–H groups in total. The highest BCUT2D eigenvalue weighted by Crippen LogP contribution is 2.35. The molecule has 0 saturated carbocycles. The molecule has 0 unspecified atom stereocenters. The molecule has 1 atom stereocenters. The summed E-state index contributed by atoms with van der Waals surface area (Å²) in [6, 6.07) is 0. The minimum Gasteiger partial charge on any atom is -0.381 e. The first-order valence-corrected chi connectivity index (χ1v) is 6.21. The minimum atomic E-state index is -0.152. The van der Waals surface area contributed by atoms with Gasteiger partial charge in [0.05, 0.1) is 19.2 Å². The van der Waals surface area contributed by atoms with Crippen molar-refractivity contribution in [2.75, 3.05) is 40.0 Å². The van der Waals surface area contributed by atoms with Crippen molar-refractivity contribution in [2.45, 2.75) is 31.5 Å². The maximum atomic E-state index is 11.7. The molecule has 0 aromatic heterocycles. The van der Waals surface area contributed by atoms with E-state index in [0.717, 1.165) is 19.4 Å². The van der Waals surface area contributed by atoms with Gasteiger partial charge in [0.25, 0.3) is 0 Å². The number of methoxy groups -OCH3 is 1. The van der Waals surface area contributed by atoms with Crippen molar-refractivity contribution in [3.8, 4) is 0 Å². The Bertz CT molecular complexity index is 276. The van der Waals surface area contributed by atoms with E-state index in [9.17, 15) is 4.79 Å². The van der Waals surface area contributed by atoms with Crippen LogP contribution in [0.25, 0.3) is 0 Å². The van der Waals surface area contributed by atoms with Crippen molar-refractivity contribution in [2.24, 2.45) is 0 Å². The van der Waals surface area contributed by atoms with Crippen LogP contribution in [0.5, 0.6) is 0 Å². The van der Waals surface area contributed by atoms with Gasteiger partial charge in [0, 0.05) is 26.7 Å². The lowest BCUT2D eigenvalue weighted by Crippen LogP contribution is -2.67. The van der Waals surface area contributed by atoms with Gasteiger partial charge < -0.3 is 19.1 Å². The quantitative estimate of drug-likeness (QED) is 0.718. The Morgan fingerprint density at radius 2 is 2.29 bits per heavy atom. The van der Waals surface area contributed by atoms with Crippen molar-refractivity contribution < 1.29 is 19.0 Å². The predicted octanol–water partition coefficient (Wildman–Crippen LogP) is 0.429. The molecule has 2 saturated heterocycles. The molecule has 1 amide bonds. The van der Waals surface area contributed by atoms with E-state index in [1.165, 1.54) is 0 Å². The molecule has 0 aromatic carbocycles.